The van der Waals surface area contributed by atoms with Gasteiger partial charge in [0.25, 0.3) is 0 Å². The zero-order valence-electron chi connectivity index (χ0n) is 11.2. The molecule has 0 amide bonds. The number of ether oxygens (including phenoxy) is 2. The van der Waals surface area contributed by atoms with Crippen LogP contribution in [0.1, 0.15) is 30.1 Å². The van der Waals surface area contributed by atoms with E-state index in [2.05, 4.69) is 0 Å². The quantitative estimate of drug-likeness (QED) is 0.755. The van der Waals surface area contributed by atoms with Gasteiger partial charge in [-0.1, -0.05) is 13.3 Å². The summed E-state index contributed by atoms with van der Waals surface area (Å²) in [7, 11) is 3.13. The van der Waals surface area contributed by atoms with Crippen LogP contribution in [-0.2, 0) is 0 Å². The Balaban J connectivity index is 2.86. The molecule has 1 aromatic rings. The molecule has 1 aromatic carbocycles. The molecular formula is C14H21NO3. The lowest BCUT2D eigenvalue weighted by molar-refractivity contribution is 0.0961. The SMILES string of the molecule is CCC(CN)CC(=O)c1ccc(OC)c(OC)c1. The highest BCUT2D eigenvalue weighted by atomic mass is 16.5. The molecule has 1 atom stereocenters. The molecule has 0 aliphatic carbocycles. The summed E-state index contributed by atoms with van der Waals surface area (Å²) < 4.78 is 10.3. The Morgan fingerprint density at radius 2 is 1.94 bits per heavy atom. The number of carbonyl (C=O) groups excluding carboxylic acids is 1. The first-order valence-electron chi connectivity index (χ1n) is 6.11. The van der Waals surface area contributed by atoms with Crippen LogP contribution in [0.2, 0.25) is 0 Å². The van der Waals surface area contributed by atoms with Gasteiger partial charge in [0, 0.05) is 12.0 Å². The lowest BCUT2D eigenvalue weighted by Crippen LogP contribution is -2.17. The van der Waals surface area contributed by atoms with Gasteiger partial charge in [-0.05, 0) is 30.7 Å². The van der Waals surface area contributed by atoms with Crippen molar-refractivity contribution >= 4 is 5.78 Å². The minimum atomic E-state index is 0.0910. The third-order valence-corrected chi connectivity index (χ3v) is 3.09. The molecule has 0 aliphatic rings. The van der Waals surface area contributed by atoms with Crippen molar-refractivity contribution < 1.29 is 14.3 Å². The average molecular weight is 251 g/mol. The molecule has 0 heterocycles. The third-order valence-electron chi connectivity index (χ3n) is 3.09. The van der Waals surface area contributed by atoms with Crippen molar-refractivity contribution in [2.75, 3.05) is 20.8 Å². The largest absolute Gasteiger partial charge is 0.493 e. The van der Waals surface area contributed by atoms with E-state index in [0.717, 1.165) is 6.42 Å². The van der Waals surface area contributed by atoms with Crippen LogP contribution in [0.25, 0.3) is 0 Å². The van der Waals surface area contributed by atoms with Crippen molar-refractivity contribution in [2.45, 2.75) is 19.8 Å². The molecule has 0 aromatic heterocycles. The van der Waals surface area contributed by atoms with Crippen molar-refractivity contribution in [3.63, 3.8) is 0 Å². The number of ketones is 1. The second kappa shape index (κ2) is 7.01. The standard InChI is InChI=1S/C14H21NO3/c1-4-10(9-15)7-12(16)11-5-6-13(17-2)14(8-11)18-3/h5-6,8,10H,4,7,9,15H2,1-3H3. The maximum atomic E-state index is 12.1. The molecule has 1 unspecified atom stereocenters. The molecule has 0 radical (unpaired) electrons. The maximum absolute atomic E-state index is 12.1. The van der Waals surface area contributed by atoms with Gasteiger partial charge in [0.05, 0.1) is 14.2 Å². The topological polar surface area (TPSA) is 61.6 Å². The summed E-state index contributed by atoms with van der Waals surface area (Å²) >= 11 is 0. The van der Waals surface area contributed by atoms with Gasteiger partial charge < -0.3 is 15.2 Å². The summed E-state index contributed by atoms with van der Waals surface area (Å²) in [5, 5.41) is 0. The highest BCUT2D eigenvalue weighted by Gasteiger charge is 2.14. The summed E-state index contributed by atoms with van der Waals surface area (Å²) in [6.45, 7) is 2.58. The molecule has 4 heteroatoms. The zero-order valence-corrected chi connectivity index (χ0v) is 11.2. The number of hydrogen-bond donors (Lipinski definition) is 1. The average Bonchev–Trinajstić information content (AvgIpc) is 2.43. The Labute approximate surface area is 108 Å². The first-order valence-corrected chi connectivity index (χ1v) is 6.11. The molecule has 1 rings (SSSR count). The molecule has 0 bridgehead atoms. The molecule has 0 spiro atoms. The van der Waals surface area contributed by atoms with E-state index in [-0.39, 0.29) is 11.7 Å². The fourth-order valence-electron chi connectivity index (χ4n) is 1.78. The van der Waals surface area contributed by atoms with E-state index < -0.39 is 0 Å². The first-order chi connectivity index (χ1) is 8.65. The predicted molar refractivity (Wildman–Crippen MR) is 71.3 cm³/mol. The molecule has 18 heavy (non-hydrogen) atoms. The Bertz CT molecular complexity index is 400. The van der Waals surface area contributed by atoms with Crippen LogP contribution in [0.5, 0.6) is 11.5 Å². The fourth-order valence-corrected chi connectivity index (χ4v) is 1.78. The van der Waals surface area contributed by atoms with E-state index in [0.29, 0.717) is 30.0 Å². The second-order valence-corrected chi connectivity index (χ2v) is 4.21. The molecule has 2 N–H and O–H groups in total. The van der Waals surface area contributed by atoms with Crippen molar-refractivity contribution in [1.82, 2.24) is 0 Å². The minimum absolute atomic E-state index is 0.0910. The van der Waals surface area contributed by atoms with Gasteiger partial charge in [-0.15, -0.1) is 0 Å². The number of benzene rings is 1. The second-order valence-electron chi connectivity index (χ2n) is 4.21. The molecule has 0 saturated heterocycles. The van der Waals surface area contributed by atoms with Crippen molar-refractivity contribution in [1.29, 1.82) is 0 Å². The van der Waals surface area contributed by atoms with Crippen molar-refractivity contribution in [3.8, 4) is 11.5 Å². The number of Topliss-reactive ketones (excluding diaryl/α,β-unsaturated/α-hetero) is 1. The summed E-state index contributed by atoms with van der Waals surface area (Å²) in [6, 6.07) is 5.22. The third kappa shape index (κ3) is 3.47. The van der Waals surface area contributed by atoms with Crippen LogP contribution >= 0.6 is 0 Å². The van der Waals surface area contributed by atoms with Gasteiger partial charge >= 0.3 is 0 Å². The van der Waals surface area contributed by atoms with Gasteiger partial charge in [-0.25, -0.2) is 0 Å². The van der Waals surface area contributed by atoms with Gasteiger partial charge in [0.1, 0.15) is 0 Å². The van der Waals surface area contributed by atoms with Crippen molar-refractivity contribution in [2.24, 2.45) is 11.7 Å². The number of nitrogens with two attached hydrogens (primary N) is 1. The number of rotatable bonds is 7. The van der Waals surface area contributed by atoms with E-state index >= 15 is 0 Å². The van der Waals surface area contributed by atoms with Crippen LogP contribution in [0, 0.1) is 5.92 Å². The molecule has 0 saturated carbocycles. The van der Waals surface area contributed by atoms with Crippen molar-refractivity contribution in [3.05, 3.63) is 23.8 Å². The Morgan fingerprint density at radius 3 is 2.44 bits per heavy atom. The Hall–Kier alpha value is -1.55. The van der Waals surface area contributed by atoms with Crippen LogP contribution in [-0.4, -0.2) is 26.5 Å². The molecule has 4 nitrogen and oxygen atoms in total. The van der Waals surface area contributed by atoms with Gasteiger partial charge in [-0.2, -0.15) is 0 Å². The van der Waals surface area contributed by atoms with E-state index in [9.17, 15) is 4.79 Å². The van der Waals surface area contributed by atoms with Crippen LogP contribution in [0.3, 0.4) is 0 Å². The van der Waals surface area contributed by atoms with Crippen LogP contribution in [0.4, 0.5) is 0 Å². The summed E-state index contributed by atoms with van der Waals surface area (Å²) in [5.41, 5.74) is 6.25. The van der Waals surface area contributed by atoms with E-state index in [1.165, 1.54) is 0 Å². The summed E-state index contributed by atoms with van der Waals surface area (Å²) in [4.78, 5) is 12.1. The van der Waals surface area contributed by atoms with Gasteiger partial charge in [-0.3, -0.25) is 4.79 Å². The monoisotopic (exact) mass is 251 g/mol. The summed E-state index contributed by atoms with van der Waals surface area (Å²) in [5.74, 6) is 1.53. The zero-order chi connectivity index (χ0) is 13.5. The lowest BCUT2D eigenvalue weighted by Gasteiger charge is -2.12. The van der Waals surface area contributed by atoms with Gasteiger partial charge in [0.2, 0.25) is 0 Å². The van der Waals surface area contributed by atoms with E-state index in [1.807, 2.05) is 6.92 Å². The van der Waals surface area contributed by atoms with Crippen LogP contribution in [0.15, 0.2) is 18.2 Å². The maximum Gasteiger partial charge on any atom is 0.163 e. The predicted octanol–water partition coefficient (Wildman–Crippen LogP) is 2.26. The molecule has 100 valence electrons. The smallest absolute Gasteiger partial charge is 0.163 e. The normalized spacial score (nSPS) is 12.0. The molecule has 0 fully saturated rings. The van der Waals surface area contributed by atoms with Gasteiger partial charge in [0.15, 0.2) is 17.3 Å². The summed E-state index contributed by atoms with van der Waals surface area (Å²) in [6.07, 6.45) is 1.39. The number of hydrogen-bond acceptors (Lipinski definition) is 4. The highest BCUT2D eigenvalue weighted by Crippen LogP contribution is 2.28. The molecule has 0 aliphatic heterocycles. The first kappa shape index (κ1) is 14.5. The highest BCUT2D eigenvalue weighted by molar-refractivity contribution is 5.96. The van der Waals surface area contributed by atoms with E-state index in [4.69, 9.17) is 15.2 Å². The van der Waals surface area contributed by atoms with Crippen LogP contribution < -0.4 is 15.2 Å². The fraction of sp³-hybridized carbons (Fsp3) is 0.500. The Morgan fingerprint density at radius 1 is 1.28 bits per heavy atom. The molecular weight excluding hydrogens is 230 g/mol. The van der Waals surface area contributed by atoms with E-state index in [1.54, 1.807) is 32.4 Å². The number of carbonyl (C=O) groups is 1. The lowest BCUT2D eigenvalue weighted by atomic mass is 9.96. The number of methoxy groups -OCH3 is 2. The minimum Gasteiger partial charge on any atom is -0.493 e. The Kier molecular flexibility index (Phi) is 5.65.